The van der Waals surface area contributed by atoms with E-state index >= 15 is 0 Å². The molecule has 0 aliphatic carbocycles. The standard InChI is InChI=1S/C22H45NO4/c1-6-7-8-9-10-11-12-13-14-15-16-22(5,23)26-18-17-21(3,4)27-20(25)19(2)24/h19,24H,6-18,23H2,1-5H3. The number of aliphatic hydroxyl groups is 1. The Morgan fingerprint density at radius 3 is 1.89 bits per heavy atom. The van der Waals surface area contributed by atoms with Crippen molar-refractivity contribution in [3.63, 3.8) is 0 Å². The molecule has 2 atom stereocenters. The fourth-order valence-electron chi connectivity index (χ4n) is 2.97. The molecule has 27 heavy (non-hydrogen) atoms. The summed E-state index contributed by atoms with van der Waals surface area (Å²) in [5.41, 5.74) is 4.91. The molecule has 0 radical (unpaired) electrons. The Morgan fingerprint density at radius 2 is 1.41 bits per heavy atom. The first-order valence-corrected chi connectivity index (χ1v) is 10.9. The Labute approximate surface area is 167 Å². The highest BCUT2D eigenvalue weighted by atomic mass is 16.6. The molecule has 0 saturated heterocycles. The Bertz CT molecular complexity index is 381. The van der Waals surface area contributed by atoms with Crippen LogP contribution in [-0.4, -0.2) is 35.1 Å². The summed E-state index contributed by atoms with van der Waals surface area (Å²) in [6.45, 7) is 9.61. The van der Waals surface area contributed by atoms with Crippen LogP contribution in [0.3, 0.4) is 0 Å². The van der Waals surface area contributed by atoms with Gasteiger partial charge in [0.1, 0.15) is 17.4 Å². The van der Waals surface area contributed by atoms with Gasteiger partial charge in [-0.2, -0.15) is 0 Å². The van der Waals surface area contributed by atoms with Crippen molar-refractivity contribution in [3.05, 3.63) is 0 Å². The first-order chi connectivity index (χ1) is 12.6. The highest BCUT2D eigenvalue weighted by Crippen LogP contribution is 2.20. The summed E-state index contributed by atoms with van der Waals surface area (Å²) >= 11 is 0. The molecule has 0 bridgehead atoms. The molecule has 0 rings (SSSR count). The zero-order valence-electron chi connectivity index (χ0n) is 18.5. The summed E-state index contributed by atoms with van der Waals surface area (Å²) < 4.78 is 11.1. The number of hydrogen-bond acceptors (Lipinski definition) is 5. The average molecular weight is 388 g/mol. The Balaban J connectivity index is 3.75. The fraction of sp³-hybridized carbons (Fsp3) is 0.955. The molecular formula is C22H45NO4. The zero-order valence-corrected chi connectivity index (χ0v) is 18.5. The number of carbonyl (C=O) groups excluding carboxylic acids is 1. The molecule has 0 aromatic rings. The minimum absolute atomic E-state index is 0.421. The first kappa shape index (κ1) is 26.4. The van der Waals surface area contributed by atoms with Crippen molar-refractivity contribution in [3.8, 4) is 0 Å². The van der Waals surface area contributed by atoms with Gasteiger partial charge in [-0.3, -0.25) is 0 Å². The molecule has 0 amide bonds. The van der Waals surface area contributed by atoms with Gasteiger partial charge >= 0.3 is 5.97 Å². The molecule has 5 heteroatoms. The molecule has 0 aromatic heterocycles. The molecule has 0 aliphatic rings. The van der Waals surface area contributed by atoms with E-state index in [1.807, 2.05) is 20.8 Å². The number of esters is 1. The van der Waals surface area contributed by atoms with Gasteiger partial charge in [-0.25, -0.2) is 4.79 Å². The SMILES string of the molecule is CCCCCCCCCCCCC(C)(N)OCCC(C)(C)OC(=O)C(C)O. The number of rotatable bonds is 17. The van der Waals surface area contributed by atoms with E-state index in [9.17, 15) is 9.90 Å². The second kappa shape index (κ2) is 14.4. The van der Waals surface area contributed by atoms with E-state index in [1.54, 1.807) is 0 Å². The van der Waals surface area contributed by atoms with Gasteiger partial charge in [0.2, 0.25) is 0 Å². The van der Waals surface area contributed by atoms with Gasteiger partial charge in [0.25, 0.3) is 0 Å². The second-order valence-corrected chi connectivity index (χ2v) is 8.70. The highest BCUT2D eigenvalue weighted by molar-refractivity contribution is 5.74. The van der Waals surface area contributed by atoms with E-state index in [-0.39, 0.29) is 0 Å². The molecule has 0 aliphatic heterocycles. The number of hydrogen-bond donors (Lipinski definition) is 2. The van der Waals surface area contributed by atoms with Gasteiger partial charge in [0.15, 0.2) is 0 Å². The lowest BCUT2D eigenvalue weighted by atomic mass is 10.0. The maximum absolute atomic E-state index is 11.5. The van der Waals surface area contributed by atoms with Crippen LogP contribution in [0.25, 0.3) is 0 Å². The van der Waals surface area contributed by atoms with Gasteiger partial charge in [0.05, 0.1) is 6.61 Å². The normalized spacial score (nSPS) is 15.4. The Hall–Kier alpha value is -0.650. The number of ether oxygens (including phenoxy) is 2. The molecule has 162 valence electrons. The molecule has 5 nitrogen and oxygen atoms in total. The van der Waals surface area contributed by atoms with Gasteiger partial charge < -0.3 is 20.3 Å². The minimum Gasteiger partial charge on any atom is -0.458 e. The third-order valence-electron chi connectivity index (χ3n) is 4.88. The van der Waals surface area contributed by atoms with Crippen molar-refractivity contribution in [1.82, 2.24) is 0 Å². The van der Waals surface area contributed by atoms with Crippen LogP contribution >= 0.6 is 0 Å². The summed E-state index contributed by atoms with van der Waals surface area (Å²) in [7, 11) is 0. The van der Waals surface area contributed by atoms with Crippen LogP contribution < -0.4 is 5.73 Å². The monoisotopic (exact) mass is 387 g/mol. The van der Waals surface area contributed by atoms with Crippen LogP contribution in [0, 0.1) is 0 Å². The molecule has 0 saturated carbocycles. The van der Waals surface area contributed by atoms with Crippen molar-refractivity contribution in [2.45, 2.75) is 129 Å². The van der Waals surface area contributed by atoms with Gasteiger partial charge in [0, 0.05) is 6.42 Å². The summed E-state index contributed by atoms with van der Waals surface area (Å²) in [6, 6.07) is 0. The Kier molecular flexibility index (Phi) is 14.0. The van der Waals surface area contributed by atoms with Crippen molar-refractivity contribution in [1.29, 1.82) is 0 Å². The Morgan fingerprint density at radius 1 is 0.926 bits per heavy atom. The van der Waals surface area contributed by atoms with E-state index in [0.717, 1.165) is 12.8 Å². The van der Waals surface area contributed by atoms with Crippen LogP contribution in [0.1, 0.15) is 112 Å². The van der Waals surface area contributed by atoms with Gasteiger partial charge in [-0.05, 0) is 40.5 Å². The third kappa shape index (κ3) is 16.0. The van der Waals surface area contributed by atoms with Crippen LogP contribution in [-0.2, 0) is 14.3 Å². The van der Waals surface area contributed by atoms with Crippen molar-refractivity contribution < 1.29 is 19.4 Å². The molecule has 0 spiro atoms. The smallest absolute Gasteiger partial charge is 0.335 e. The molecule has 0 heterocycles. The fourth-order valence-corrected chi connectivity index (χ4v) is 2.97. The predicted octanol–water partition coefficient (Wildman–Crippen LogP) is 5.08. The number of carbonyl (C=O) groups is 1. The van der Waals surface area contributed by atoms with Crippen LogP contribution in [0.15, 0.2) is 0 Å². The zero-order chi connectivity index (χ0) is 20.8. The highest BCUT2D eigenvalue weighted by Gasteiger charge is 2.26. The van der Waals surface area contributed by atoms with Crippen LogP contribution in [0.4, 0.5) is 0 Å². The quantitative estimate of drug-likeness (QED) is 0.207. The molecular weight excluding hydrogens is 342 g/mol. The van der Waals surface area contributed by atoms with E-state index in [4.69, 9.17) is 15.2 Å². The summed E-state index contributed by atoms with van der Waals surface area (Å²) in [6.07, 6.45) is 13.3. The van der Waals surface area contributed by atoms with E-state index in [2.05, 4.69) is 6.92 Å². The van der Waals surface area contributed by atoms with E-state index in [1.165, 1.54) is 64.7 Å². The molecule has 3 N–H and O–H groups in total. The average Bonchev–Trinajstić information content (AvgIpc) is 2.55. The molecule has 2 unspecified atom stereocenters. The van der Waals surface area contributed by atoms with E-state index in [0.29, 0.717) is 13.0 Å². The van der Waals surface area contributed by atoms with Gasteiger partial charge in [-0.1, -0.05) is 64.7 Å². The summed E-state index contributed by atoms with van der Waals surface area (Å²) in [5.74, 6) is -0.610. The van der Waals surface area contributed by atoms with Crippen molar-refractivity contribution >= 4 is 5.97 Å². The number of unbranched alkanes of at least 4 members (excludes halogenated alkanes) is 9. The number of aliphatic hydroxyl groups excluding tert-OH is 1. The van der Waals surface area contributed by atoms with Gasteiger partial charge in [-0.15, -0.1) is 0 Å². The third-order valence-corrected chi connectivity index (χ3v) is 4.88. The minimum atomic E-state index is -1.11. The predicted molar refractivity (Wildman–Crippen MR) is 111 cm³/mol. The van der Waals surface area contributed by atoms with Crippen molar-refractivity contribution in [2.75, 3.05) is 6.61 Å². The topological polar surface area (TPSA) is 81.8 Å². The molecule has 0 fully saturated rings. The largest absolute Gasteiger partial charge is 0.458 e. The second-order valence-electron chi connectivity index (χ2n) is 8.70. The lowest BCUT2D eigenvalue weighted by Gasteiger charge is -2.29. The number of nitrogens with two attached hydrogens (primary N) is 1. The van der Waals surface area contributed by atoms with Crippen LogP contribution in [0.2, 0.25) is 0 Å². The first-order valence-electron chi connectivity index (χ1n) is 10.9. The maximum Gasteiger partial charge on any atom is 0.335 e. The van der Waals surface area contributed by atoms with Crippen molar-refractivity contribution in [2.24, 2.45) is 5.73 Å². The maximum atomic E-state index is 11.5. The lowest BCUT2D eigenvalue weighted by Crippen LogP contribution is -2.41. The molecule has 0 aromatic carbocycles. The van der Waals surface area contributed by atoms with E-state index < -0.39 is 23.4 Å². The lowest BCUT2D eigenvalue weighted by molar-refractivity contribution is -0.168. The summed E-state index contributed by atoms with van der Waals surface area (Å²) in [4.78, 5) is 11.5. The summed E-state index contributed by atoms with van der Waals surface area (Å²) in [5, 5.41) is 9.24. The van der Waals surface area contributed by atoms with Crippen LogP contribution in [0.5, 0.6) is 0 Å².